The summed E-state index contributed by atoms with van der Waals surface area (Å²) in [4.78, 5) is 11.6. The summed E-state index contributed by atoms with van der Waals surface area (Å²) in [5.74, 6) is -0.828. The van der Waals surface area contributed by atoms with Gasteiger partial charge in [-0.2, -0.15) is 5.26 Å². The zero-order valence-corrected chi connectivity index (χ0v) is 10.4. The number of carbonyl (C=O) groups is 1. The van der Waals surface area contributed by atoms with E-state index in [-0.39, 0.29) is 4.47 Å². The maximum absolute atomic E-state index is 12.9. The Labute approximate surface area is 101 Å². The van der Waals surface area contributed by atoms with E-state index in [1.807, 2.05) is 6.07 Å². The summed E-state index contributed by atoms with van der Waals surface area (Å²) in [6, 6.07) is 6.01. The lowest BCUT2D eigenvalue weighted by Crippen LogP contribution is -2.29. The van der Waals surface area contributed by atoms with E-state index in [2.05, 4.69) is 21.2 Å². The predicted octanol–water partition coefficient (Wildman–Crippen LogP) is 3.08. The van der Waals surface area contributed by atoms with Crippen molar-refractivity contribution in [3.05, 3.63) is 28.5 Å². The van der Waals surface area contributed by atoms with E-state index in [9.17, 15) is 9.18 Å². The van der Waals surface area contributed by atoms with Gasteiger partial charge in [-0.15, -0.1) is 0 Å². The van der Waals surface area contributed by atoms with Gasteiger partial charge in [0.05, 0.1) is 10.5 Å². The summed E-state index contributed by atoms with van der Waals surface area (Å²) in [7, 11) is 0. The first-order chi connectivity index (χ1) is 7.36. The Morgan fingerprint density at radius 2 is 2.19 bits per heavy atom. The molecule has 3 nitrogen and oxygen atoms in total. The van der Waals surface area contributed by atoms with Gasteiger partial charge >= 0.3 is 0 Å². The van der Waals surface area contributed by atoms with Crippen molar-refractivity contribution in [3.63, 3.8) is 0 Å². The molecule has 1 aromatic rings. The third kappa shape index (κ3) is 2.80. The van der Waals surface area contributed by atoms with Crippen LogP contribution in [0.15, 0.2) is 22.7 Å². The monoisotopic (exact) mass is 284 g/mol. The lowest BCUT2D eigenvalue weighted by atomic mass is 9.95. The highest BCUT2D eigenvalue weighted by molar-refractivity contribution is 9.10. The summed E-state index contributed by atoms with van der Waals surface area (Å²) in [5, 5.41) is 11.3. The van der Waals surface area contributed by atoms with Crippen LogP contribution in [0.2, 0.25) is 0 Å². The molecule has 0 heterocycles. The topological polar surface area (TPSA) is 52.9 Å². The van der Waals surface area contributed by atoms with Crippen molar-refractivity contribution in [3.8, 4) is 6.07 Å². The number of nitriles is 1. The van der Waals surface area contributed by atoms with E-state index in [0.29, 0.717) is 5.69 Å². The van der Waals surface area contributed by atoms with Gasteiger partial charge in [-0.1, -0.05) is 0 Å². The average Bonchev–Trinajstić information content (AvgIpc) is 2.23. The number of anilines is 1. The molecular weight excluding hydrogens is 275 g/mol. The van der Waals surface area contributed by atoms with Gasteiger partial charge in [-0.25, -0.2) is 4.39 Å². The number of benzene rings is 1. The molecule has 1 N–H and O–H groups in total. The van der Waals surface area contributed by atoms with Crippen molar-refractivity contribution >= 4 is 27.5 Å². The molecule has 0 radical (unpaired) electrons. The number of hydrogen-bond acceptors (Lipinski definition) is 2. The van der Waals surface area contributed by atoms with E-state index >= 15 is 0 Å². The van der Waals surface area contributed by atoms with Crippen LogP contribution in [0, 0.1) is 22.6 Å². The molecule has 0 saturated carbocycles. The van der Waals surface area contributed by atoms with Crippen molar-refractivity contribution in [1.82, 2.24) is 0 Å². The molecule has 0 fully saturated rings. The second-order valence-electron chi connectivity index (χ2n) is 3.82. The van der Waals surface area contributed by atoms with Crippen LogP contribution in [0.1, 0.15) is 13.8 Å². The molecule has 0 aromatic heterocycles. The van der Waals surface area contributed by atoms with Crippen LogP contribution in [0.5, 0.6) is 0 Å². The van der Waals surface area contributed by atoms with Crippen LogP contribution in [0.4, 0.5) is 10.1 Å². The molecule has 5 heteroatoms. The van der Waals surface area contributed by atoms with Gasteiger partial charge in [0, 0.05) is 5.69 Å². The van der Waals surface area contributed by atoms with Crippen LogP contribution in [0.25, 0.3) is 0 Å². The normalized spacial score (nSPS) is 10.7. The van der Waals surface area contributed by atoms with Crippen LogP contribution < -0.4 is 5.32 Å². The Kier molecular flexibility index (Phi) is 3.66. The molecule has 16 heavy (non-hydrogen) atoms. The zero-order chi connectivity index (χ0) is 12.3. The molecule has 0 spiro atoms. The van der Waals surface area contributed by atoms with Gasteiger partial charge in [0.2, 0.25) is 5.91 Å². The molecule has 0 saturated heterocycles. The highest BCUT2D eigenvalue weighted by Gasteiger charge is 2.27. The van der Waals surface area contributed by atoms with E-state index < -0.39 is 17.1 Å². The molecular formula is C11H10BrFN2O. The lowest BCUT2D eigenvalue weighted by Gasteiger charge is -2.15. The Morgan fingerprint density at radius 3 is 2.69 bits per heavy atom. The van der Waals surface area contributed by atoms with Crippen LogP contribution in [0.3, 0.4) is 0 Å². The van der Waals surface area contributed by atoms with Gasteiger partial charge in [0.15, 0.2) is 0 Å². The second-order valence-corrected chi connectivity index (χ2v) is 4.67. The Morgan fingerprint density at radius 1 is 1.56 bits per heavy atom. The number of amides is 1. The predicted molar refractivity (Wildman–Crippen MR) is 62.1 cm³/mol. The smallest absolute Gasteiger partial charge is 0.244 e. The third-order valence-electron chi connectivity index (χ3n) is 2.02. The van der Waals surface area contributed by atoms with E-state index in [1.54, 1.807) is 0 Å². The Balaban J connectivity index is 2.87. The fourth-order valence-electron chi connectivity index (χ4n) is 0.912. The maximum atomic E-state index is 12.9. The molecule has 84 valence electrons. The standard InChI is InChI=1S/C11H10BrFN2O/c1-11(2,6-14)10(16)15-7-3-4-9(13)8(12)5-7/h3-5H,1-2H3,(H,15,16). The van der Waals surface area contributed by atoms with Gasteiger partial charge in [-0.3, -0.25) is 4.79 Å². The number of halogens is 2. The van der Waals surface area contributed by atoms with Gasteiger partial charge in [0.1, 0.15) is 11.2 Å². The Bertz CT molecular complexity index is 466. The quantitative estimate of drug-likeness (QED) is 0.907. The molecule has 0 aliphatic rings. The highest BCUT2D eigenvalue weighted by atomic mass is 79.9. The average molecular weight is 285 g/mol. The number of nitrogens with one attached hydrogen (secondary N) is 1. The largest absolute Gasteiger partial charge is 0.325 e. The molecule has 1 rings (SSSR count). The van der Waals surface area contributed by atoms with Crippen molar-refractivity contribution in [2.75, 3.05) is 5.32 Å². The first-order valence-electron chi connectivity index (χ1n) is 4.54. The number of rotatable bonds is 2. The molecule has 0 bridgehead atoms. The maximum Gasteiger partial charge on any atom is 0.244 e. The first kappa shape index (κ1) is 12.7. The van der Waals surface area contributed by atoms with Crippen molar-refractivity contribution < 1.29 is 9.18 Å². The van der Waals surface area contributed by atoms with E-state index in [4.69, 9.17) is 5.26 Å². The number of hydrogen-bond donors (Lipinski definition) is 1. The molecule has 1 amide bonds. The third-order valence-corrected chi connectivity index (χ3v) is 2.63. The van der Waals surface area contributed by atoms with Crippen molar-refractivity contribution in [1.29, 1.82) is 5.26 Å². The Hall–Kier alpha value is -1.41. The molecule has 0 atom stereocenters. The SMILES string of the molecule is CC(C)(C#N)C(=O)Nc1ccc(F)c(Br)c1. The van der Waals surface area contributed by atoms with Crippen molar-refractivity contribution in [2.45, 2.75) is 13.8 Å². The molecule has 1 aromatic carbocycles. The minimum absolute atomic E-state index is 0.264. The summed E-state index contributed by atoms with van der Waals surface area (Å²) in [6.07, 6.45) is 0. The fraction of sp³-hybridized carbons (Fsp3) is 0.273. The van der Waals surface area contributed by atoms with Gasteiger partial charge < -0.3 is 5.32 Å². The summed E-state index contributed by atoms with van der Waals surface area (Å²) >= 11 is 3.01. The van der Waals surface area contributed by atoms with E-state index in [0.717, 1.165) is 0 Å². The highest BCUT2D eigenvalue weighted by Crippen LogP contribution is 2.22. The molecule has 0 aliphatic heterocycles. The van der Waals surface area contributed by atoms with E-state index in [1.165, 1.54) is 32.0 Å². The van der Waals surface area contributed by atoms with Crippen LogP contribution in [-0.2, 0) is 4.79 Å². The summed E-state index contributed by atoms with van der Waals surface area (Å²) in [6.45, 7) is 3.03. The number of carbonyl (C=O) groups excluding carboxylic acids is 1. The molecule has 0 unspecified atom stereocenters. The fourth-order valence-corrected chi connectivity index (χ4v) is 1.29. The summed E-state index contributed by atoms with van der Waals surface area (Å²) < 4.78 is 13.2. The van der Waals surface area contributed by atoms with Gasteiger partial charge in [0.25, 0.3) is 0 Å². The summed E-state index contributed by atoms with van der Waals surface area (Å²) in [5.41, 5.74) is -0.664. The van der Waals surface area contributed by atoms with Crippen LogP contribution in [-0.4, -0.2) is 5.91 Å². The minimum atomic E-state index is -1.11. The lowest BCUT2D eigenvalue weighted by molar-refractivity contribution is -0.121. The van der Waals surface area contributed by atoms with Gasteiger partial charge in [-0.05, 0) is 48.0 Å². The second kappa shape index (κ2) is 4.62. The first-order valence-corrected chi connectivity index (χ1v) is 5.34. The minimum Gasteiger partial charge on any atom is -0.325 e. The number of nitrogens with zero attached hydrogens (tertiary/aromatic N) is 1. The van der Waals surface area contributed by atoms with Crippen LogP contribution >= 0.6 is 15.9 Å². The zero-order valence-electron chi connectivity index (χ0n) is 8.84. The molecule has 0 aliphatic carbocycles. The van der Waals surface area contributed by atoms with Crippen molar-refractivity contribution in [2.24, 2.45) is 5.41 Å².